The lowest BCUT2D eigenvalue weighted by Crippen LogP contribution is -1.88. The normalized spacial score (nSPS) is 7.91. The maximum atomic E-state index is 9.59. The van der Waals surface area contributed by atoms with Gasteiger partial charge in [-0.3, -0.25) is 4.79 Å². The fraction of sp³-hybridized carbons (Fsp3) is 0.375. The number of ether oxygens (including phenoxy) is 1. The fourth-order valence-corrected chi connectivity index (χ4v) is 0.421. The van der Waals surface area contributed by atoms with E-state index in [-0.39, 0.29) is 5.97 Å². The van der Waals surface area contributed by atoms with Crippen LogP contribution >= 0.6 is 0 Å². The molecular weight excluding hydrogens is 142 g/mol. The molecule has 1 aromatic rings. The van der Waals surface area contributed by atoms with Crippen molar-refractivity contribution >= 4 is 5.97 Å². The highest BCUT2D eigenvalue weighted by molar-refractivity contribution is 5.65. The van der Waals surface area contributed by atoms with Crippen LogP contribution < -0.4 is 0 Å². The first-order valence-corrected chi connectivity index (χ1v) is 3.28. The Balaban J connectivity index is 0.000000187. The van der Waals surface area contributed by atoms with E-state index >= 15 is 0 Å². The lowest BCUT2D eigenvalue weighted by atomic mass is 10.7. The van der Waals surface area contributed by atoms with E-state index in [9.17, 15) is 4.79 Å². The van der Waals surface area contributed by atoms with Gasteiger partial charge in [0, 0.05) is 26.4 Å². The van der Waals surface area contributed by atoms with Crippen LogP contribution in [0.25, 0.3) is 0 Å². The molecule has 0 aliphatic rings. The lowest BCUT2D eigenvalue weighted by molar-refractivity contribution is -0.137. The van der Waals surface area contributed by atoms with E-state index in [0.717, 1.165) is 0 Å². The predicted octanol–water partition coefficient (Wildman–Crippen LogP) is 1.20. The Hall–Kier alpha value is -1.25. The molecule has 0 aliphatic heterocycles. The second-order valence-electron chi connectivity index (χ2n) is 2.04. The largest absolute Gasteiger partial charge is 0.469 e. The van der Waals surface area contributed by atoms with Crippen molar-refractivity contribution in [2.75, 3.05) is 7.11 Å². The van der Waals surface area contributed by atoms with E-state index in [4.69, 9.17) is 0 Å². The van der Waals surface area contributed by atoms with Gasteiger partial charge in [-0.2, -0.15) is 0 Å². The zero-order valence-electron chi connectivity index (χ0n) is 7.07. The van der Waals surface area contributed by atoms with Crippen molar-refractivity contribution in [1.29, 1.82) is 0 Å². The minimum absolute atomic E-state index is 0.245. The summed E-state index contributed by atoms with van der Waals surface area (Å²) in [5, 5.41) is 0. The Kier molecular flexibility index (Phi) is 4.90. The topological polar surface area (TPSA) is 31.2 Å². The SMILES string of the molecule is COC(C)=O.Cn1cccc1. The average molecular weight is 155 g/mol. The van der Waals surface area contributed by atoms with E-state index in [1.165, 1.54) is 14.0 Å². The van der Waals surface area contributed by atoms with Crippen molar-refractivity contribution in [2.24, 2.45) is 7.05 Å². The molecule has 0 atom stereocenters. The summed E-state index contributed by atoms with van der Waals surface area (Å²) in [6, 6.07) is 4.00. The number of hydrogen-bond acceptors (Lipinski definition) is 2. The fourth-order valence-electron chi connectivity index (χ4n) is 0.421. The van der Waals surface area contributed by atoms with Gasteiger partial charge in [-0.15, -0.1) is 0 Å². The third-order valence-electron chi connectivity index (χ3n) is 1.04. The van der Waals surface area contributed by atoms with E-state index in [1.54, 1.807) is 0 Å². The van der Waals surface area contributed by atoms with Crippen molar-refractivity contribution in [3.05, 3.63) is 24.5 Å². The molecule has 1 heterocycles. The molecule has 0 saturated carbocycles. The van der Waals surface area contributed by atoms with Crippen LogP contribution in [0.2, 0.25) is 0 Å². The zero-order valence-corrected chi connectivity index (χ0v) is 7.07. The van der Waals surface area contributed by atoms with Crippen LogP contribution in [0.5, 0.6) is 0 Å². The monoisotopic (exact) mass is 155 g/mol. The van der Waals surface area contributed by atoms with Gasteiger partial charge in [0.1, 0.15) is 0 Å². The molecule has 0 aromatic carbocycles. The summed E-state index contributed by atoms with van der Waals surface area (Å²) in [7, 11) is 3.35. The van der Waals surface area contributed by atoms with Gasteiger partial charge in [-0.25, -0.2) is 0 Å². The van der Waals surface area contributed by atoms with Crippen LogP contribution in [-0.4, -0.2) is 17.6 Å². The Morgan fingerprint density at radius 1 is 1.36 bits per heavy atom. The molecule has 0 amide bonds. The van der Waals surface area contributed by atoms with Gasteiger partial charge in [0.05, 0.1) is 7.11 Å². The first-order chi connectivity index (χ1) is 5.16. The molecule has 3 heteroatoms. The van der Waals surface area contributed by atoms with E-state index in [1.807, 2.05) is 36.1 Å². The summed E-state index contributed by atoms with van der Waals surface area (Å²) in [4.78, 5) is 9.59. The van der Waals surface area contributed by atoms with Crippen molar-refractivity contribution in [2.45, 2.75) is 6.92 Å². The molecule has 0 aliphatic carbocycles. The molecule has 1 aromatic heterocycles. The smallest absolute Gasteiger partial charge is 0.302 e. The minimum Gasteiger partial charge on any atom is -0.469 e. The Morgan fingerprint density at radius 2 is 1.73 bits per heavy atom. The summed E-state index contributed by atoms with van der Waals surface area (Å²) in [5.74, 6) is -0.245. The Labute approximate surface area is 66.6 Å². The number of methoxy groups -OCH3 is 1. The van der Waals surface area contributed by atoms with Crippen LogP contribution in [0.1, 0.15) is 6.92 Å². The number of carbonyl (C=O) groups is 1. The maximum Gasteiger partial charge on any atom is 0.302 e. The number of rotatable bonds is 0. The first kappa shape index (κ1) is 9.75. The molecule has 0 radical (unpaired) electrons. The predicted molar refractivity (Wildman–Crippen MR) is 43.1 cm³/mol. The summed E-state index contributed by atoms with van der Waals surface area (Å²) >= 11 is 0. The summed E-state index contributed by atoms with van der Waals surface area (Å²) in [6.45, 7) is 1.36. The molecule has 0 fully saturated rings. The number of esters is 1. The van der Waals surface area contributed by atoms with Crippen LogP contribution in [0.15, 0.2) is 24.5 Å². The Morgan fingerprint density at radius 3 is 1.82 bits per heavy atom. The standard InChI is InChI=1S/C5H7N.C3H6O2/c1-6-4-2-3-5-6;1-3(4)5-2/h2-5H,1H3;1-2H3. The van der Waals surface area contributed by atoms with Crippen molar-refractivity contribution in [3.8, 4) is 0 Å². The van der Waals surface area contributed by atoms with Crippen LogP contribution in [-0.2, 0) is 16.6 Å². The van der Waals surface area contributed by atoms with Gasteiger partial charge in [0.2, 0.25) is 0 Å². The van der Waals surface area contributed by atoms with E-state index < -0.39 is 0 Å². The molecule has 0 saturated heterocycles. The maximum absolute atomic E-state index is 9.59. The molecule has 1 rings (SSSR count). The molecule has 3 nitrogen and oxygen atoms in total. The number of hydrogen-bond donors (Lipinski definition) is 0. The van der Waals surface area contributed by atoms with Crippen LogP contribution in [0, 0.1) is 0 Å². The van der Waals surface area contributed by atoms with Gasteiger partial charge >= 0.3 is 5.97 Å². The second kappa shape index (κ2) is 5.53. The van der Waals surface area contributed by atoms with E-state index in [2.05, 4.69) is 4.74 Å². The summed E-state index contributed by atoms with van der Waals surface area (Å²) < 4.78 is 6.11. The van der Waals surface area contributed by atoms with Crippen LogP contribution in [0.4, 0.5) is 0 Å². The average Bonchev–Trinajstić information content (AvgIpc) is 2.41. The second-order valence-corrected chi connectivity index (χ2v) is 2.04. The third kappa shape index (κ3) is 6.64. The molecule has 0 spiro atoms. The highest BCUT2D eigenvalue weighted by Crippen LogP contribution is 1.80. The quantitative estimate of drug-likeness (QED) is 0.527. The molecular formula is C8H13NO2. The number of carbonyl (C=O) groups excluding carboxylic acids is 1. The van der Waals surface area contributed by atoms with Crippen molar-refractivity contribution < 1.29 is 9.53 Å². The minimum atomic E-state index is -0.245. The highest BCUT2D eigenvalue weighted by atomic mass is 16.5. The van der Waals surface area contributed by atoms with Gasteiger partial charge in [-0.1, -0.05) is 0 Å². The Bertz CT molecular complexity index is 192. The van der Waals surface area contributed by atoms with E-state index in [0.29, 0.717) is 0 Å². The summed E-state index contributed by atoms with van der Waals surface area (Å²) in [5.41, 5.74) is 0. The lowest BCUT2D eigenvalue weighted by Gasteiger charge is -1.80. The van der Waals surface area contributed by atoms with Gasteiger partial charge in [0.15, 0.2) is 0 Å². The van der Waals surface area contributed by atoms with Gasteiger partial charge in [-0.05, 0) is 12.1 Å². The molecule has 0 unspecified atom stereocenters. The molecule has 0 bridgehead atoms. The number of aromatic nitrogens is 1. The summed E-state index contributed by atoms with van der Waals surface area (Å²) in [6.07, 6.45) is 4.00. The van der Waals surface area contributed by atoms with Crippen molar-refractivity contribution in [3.63, 3.8) is 0 Å². The zero-order chi connectivity index (χ0) is 8.69. The number of aryl methyl sites for hydroxylation is 1. The third-order valence-corrected chi connectivity index (χ3v) is 1.04. The highest BCUT2D eigenvalue weighted by Gasteiger charge is 1.75. The first-order valence-electron chi connectivity index (χ1n) is 3.28. The molecule has 11 heavy (non-hydrogen) atoms. The van der Waals surface area contributed by atoms with Crippen molar-refractivity contribution in [1.82, 2.24) is 4.57 Å². The van der Waals surface area contributed by atoms with Gasteiger partial charge < -0.3 is 9.30 Å². The molecule has 0 N–H and O–H groups in total. The number of nitrogens with zero attached hydrogens (tertiary/aromatic N) is 1. The van der Waals surface area contributed by atoms with Crippen LogP contribution in [0.3, 0.4) is 0 Å². The van der Waals surface area contributed by atoms with Gasteiger partial charge in [0.25, 0.3) is 0 Å². The molecule has 62 valence electrons.